The van der Waals surface area contributed by atoms with Crippen LogP contribution in [0.4, 0.5) is 0 Å². The van der Waals surface area contributed by atoms with Gasteiger partial charge in [0.05, 0.1) is 0 Å². The lowest BCUT2D eigenvalue weighted by molar-refractivity contribution is 0.339. The quantitative estimate of drug-likeness (QED) is 0.904. The van der Waals surface area contributed by atoms with Gasteiger partial charge in [-0.3, -0.25) is 0 Å². The Morgan fingerprint density at radius 1 is 1.26 bits per heavy atom. The third-order valence-corrected chi connectivity index (χ3v) is 4.30. The molecule has 0 saturated heterocycles. The van der Waals surface area contributed by atoms with Gasteiger partial charge in [0.25, 0.3) is 0 Å². The summed E-state index contributed by atoms with van der Waals surface area (Å²) in [5.74, 6) is 2.49. The second kappa shape index (κ2) is 6.47. The Kier molecular flexibility index (Phi) is 4.92. The van der Waals surface area contributed by atoms with Crippen LogP contribution in [0.15, 0.2) is 6.07 Å². The van der Waals surface area contributed by atoms with Crippen molar-refractivity contribution in [1.82, 2.24) is 9.97 Å². The van der Waals surface area contributed by atoms with Crippen molar-refractivity contribution in [3.05, 3.63) is 23.3 Å². The molecule has 1 fully saturated rings. The molecule has 0 spiro atoms. The summed E-state index contributed by atoms with van der Waals surface area (Å²) < 4.78 is 0. The Labute approximate surface area is 117 Å². The normalized spacial score (nSPS) is 25.3. The van der Waals surface area contributed by atoms with Crippen molar-refractivity contribution >= 4 is 0 Å². The Balaban J connectivity index is 2.12. The van der Waals surface area contributed by atoms with Crippen LogP contribution in [0.3, 0.4) is 0 Å². The molecule has 0 aliphatic heterocycles. The molecule has 1 unspecified atom stereocenters. The van der Waals surface area contributed by atoms with Crippen LogP contribution in [-0.2, 0) is 6.42 Å². The van der Waals surface area contributed by atoms with E-state index in [9.17, 15) is 0 Å². The Bertz CT molecular complexity index is 408. The average molecular weight is 261 g/mol. The molecule has 19 heavy (non-hydrogen) atoms. The summed E-state index contributed by atoms with van der Waals surface area (Å²) in [5, 5.41) is 0. The van der Waals surface area contributed by atoms with Gasteiger partial charge in [0.1, 0.15) is 5.82 Å². The van der Waals surface area contributed by atoms with Crippen molar-refractivity contribution in [3.63, 3.8) is 0 Å². The van der Waals surface area contributed by atoms with Gasteiger partial charge in [-0.1, -0.05) is 26.7 Å². The summed E-state index contributed by atoms with van der Waals surface area (Å²) in [6.45, 7) is 6.54. The molecule has 2 N–H and O–H groups in total. The molecule has 1 heterocycles. The zero-order valence-electron chi connectivity index (χ0n) is 12.5. The molecule has 2 rings (SSSR count). The average Bonchev–Trinajstić information content (AvgIpc) is 2.38. The summed E-state index contributed by atoms with van der Waals surface area (Å²) >= 11 is 0. The standard InChI is InChI=1S/C16H27N3/c1-4-14(17)10-15-9-12(3)18-16(19-15)13-7-5-11(2)6-8-13/h9,11,13-14H,4-8,10,17H2,1-3H3. The minimum Gasteiger partial charge on any atom is -0.327 e. The molecule has 0 radical (unpaired) electrons. The zero-order chi connectivity index (χ0) is 13.8. The van der Waals surface area contributed by atoms with E-state index in [2.05, 4.69) is 31.8 Å². The zero-order valence-corrected chi connectivity index (χ0v) is 12.5. The van der Waals surface area contributed by atoms with E-state index in [1.807, 2.05) is 0 Å². The van der Waals surface area contributed by atoms with Crippen LogP contribution in [-0.4, -0.2) is 16.0 Å². The second-order valence-corrected chi connectivity index (χ2v) is 6.19. The van der Waals surface area contributed by atoms with Gasteiger partial charge in [-0.2, -0.15) is 0 Å². The van der Waals surface area contributed by atoms with E-state index in [0.29, 0.717) is 5.92 Å². The number of aromatic nitrogens is 2. The van der Waals surface area contributed by atoms with Gasteiger partial charge in [-0.15, -0.1) is 0 Å². The number of nitrogens with zero attached hydrogens (tertiary/aromatic N) is 2. The number of nitrogens with two attached hydrogens (primary N) is 1. The summed E-state index contributed by atoms with van der Waals surface area (Å²) in [6.07, 6.45) is 6.97. The molecule has 3 heteroatoms. The van der Waals surface area contributed by atoms with Crippen molar-refractivity contribution in [1.29, 1.82) is 0 Å². The fourth-order valence-corrected chi connectivity index (χ4v) is 2.88. The van der Waals surface area contributed by atoms with Crippen LogP contribution in [0.2, 0.25) is 0 Å². The Hall–Kier alpha value is -0.960. The molecule has 1 aromatic heterocycles. The minimum absolute atomic E-state index is 0.216. The molecule has 1 aliphatic carbocycles. The van der Waals surface area contributed by atoms with E-state index in [1.54, 1.807) is 0 Å². The van der Waals surface area contributed by atoms with Gasteiger partial charge in [0, 0.05) is 29.8 Å². The van der Waals surface area contributed by atoms with Crippen LogP contribution < -0.4 is 5.73 Å². The molecule has 1 aliphatic rings. The van der Waals surface area contributed by atoms with Crippen LogP contribution in [0, 0.1) is 12.8 Å². The molecule has 0 aromatic carbocycles. The van der Waals surface area contributed by atoms with Crippen molar-refractivity contribution in [3.8, 4) is 0 Å². The van der Waals surface area contributed by atoms with Crippen molar-refractivity contribution in [2.45, 2.75) is 71.3 Å². The largest absolute Gasteiger partial charge is 0.327 e. The molecular weight excluding hydrogens is 234 g/mol. The van der Waals surface area contributed by atoms with E-state index in [4.69, 9.17) is 10.7 Å². The van der Waals surface area contributed by atoms with Crippen molar-refractivity contribution < 1.29 is 0 Å². The fraction of sp³-hybridized carbons (Fsp3) is 0.750. The lowest BCUT2D eigenvalue weighted by atomic mass is 9.82. The molecule has 3 nitrogen and oxygen atoms in total. The third kappa shape index (κ3) is 4.00. The van der Waals surface area contributed by atoms with Crippen molar-refractivity contribution in [2.24, 2.45) is 11.7 Å². The fourth-order valence-electron chi connectivity index (χ4n) is 2.88. The number of hydrogen-bond donors (Lipinski definition) is 1. The van der Waals surface area contributed by atoms with Crippen LogP contribution in [0.5, 0.6) is 0 Å². The van der Waals surface area contributed by atoms with Crippen LogP contribution in [0.25, 0.3) is 0 Å². The highest BCUT2D eigenvalue weighted by Crippen LogP contribution is 2.34. The lowest BCUT2D eigenvalue weighted by Crippen LogP contribution is -2.23. The van der Waals surface area contributed by atoms with Gasteiger partial charge in [0.15, 0.2) is 0 Å². The third-order valence-electron chi connectivity index (χ3n) is 4.30. The van der Waals surface area contributed by atoms with Gasteiger partial charge in [-0.05, 0) is 38.2 Å². The maximum Gasteiger partial charge on any atom is 0.131 e. The SMILES string of the molecule is CCC(N)Cc1cc(C)nc(C2CCC(C)CC2)n1. The maximum atomic E-state index is 6.04. The van der Waals surface area contributed by atoms with Crippen LogP contribution in [0.1, 0.15) is 69.1 Å². The second-order valence-electron chi connectivity index (χ2n) is 6.19. The highest BCUT2D eigenvalue weighted by molar-refractivity contribution is 5.14. The van der Waals surface area contributed by atoms with Gasteiger partial charge >= 0.3 is 0 Å². The first-order valence-electron chi connectivity index (χ1n) is 7.68. The number of aryl methyl sites for hydroxylation is 1. The topological polar surface area (TPSA) is 51.8 Å². The summed E-state index contributed by atoms with van der Waals surface area (Å²) in [4.78, 5) is 9.44. The molecule has 1 atom stereocenters. The maximum absolute atomic E-state index is 6.04. The lowest BCUT2D eigenvalue weighted by Gasteiger charge is -2.25. The van der Waals surface area contributed by atoms with Gasteiger partial charge < -0.3 is 5.73 Å². The van der Waals surface area contributed by atoms with E-state index < -0.39 is 0 Å². The first-order valence-corrected chi connectivity index (χ1v) is 7.68. The predicted molar refractivity (Wildman–Crippen MR) is 79.1 cm³/mol. The van der Waals surface area contributed by atoms with E-state index in [0.717, 1.165) is 36.0 Å². The molecule has 106 valence electrons. The van der Waals surface area contributed by atoms with Gasteiger partial charge in [0.2, 0.25) is 0 Å². The van der Waals surface area contributed by atoms with E-state index in [1.165, 1.54) is 25.7 Å². The summed E-state index contributed by atoms with van der Waals surface area (Å²) in [7, 11) is 0. The first-order chi connectivity index (χ1) is 9.08. The summed E-state index contributed by atoms with van der Waals surface area (Å²) in [6, 6.07) is 2.30. The highest BCUT2D eigenvalue weighted by atomic mass is 14.9. The minimum atomic E-state index is 0.216. The molecule has 1 saturated carbocycles. The Morgan fingerprint density at radius 3 is 2.58 bits per heavy atom. The van der Waals surface area contributed by atoms with E-state index in [-0.39, 0.29) is 6.04 Å². The van der Waals surface area contributed by atoms with Crippen molar-refractivity contribution in [2.75, 3.05) is 0 Å². The van der Waals surface area contributed by atoms with E-state index >= 15 is 0 Å². The highest BCUT2D eigenvalue weighted by Gasteiger charge is 2.22. The number of hydrogen-bond acceptors (Lipinski definition) is 3. The Morgan fingerprint density at radius 2 is 1.95 bits per heavy atom. The van der Waals surface area contributed by atoms with Crippen LogP contribution >= 0.6 is 0 Å². The molecular formula is C16H27N3. The molecule has 0 bridgehead atoms. The van der Waals surface area contributed by atoms with Gasteiger partial charge in [-0.25, -0.2) is 9.97 Å². The smallest absolute Gasteiger partial charge is 0.131 e. The summed E-state index contributed by atoms with van der Waals surface area (Å²) in [5.41, 5.74) is 8.25. The molecule has 0 amide bonds. The number of rotatable bonds is 4. The predicted octanol–water partition coefficient (Wildman–Crippen LogP) is 3.36. The first kappa shape index (κ1) is 14.4. The molecule has 1 aromatic rings. The monoisotopic (exact) mass is 261 g/mol.